The van der Waals surface area contributed by atoms with Crippen LogP contribution in [0.25, 0.3) is 6.08 Å². The van der Waals surface area contributed by atoms with Gasteiger partial charge in [0.25, 0.3) is 0 Å². The average Bonchev–Trinajstić information content (AvgIpc) is 2.80. The van der Waals surface area contributed by atoms with Gasteiger partial charge in [0, 0.05) is 24.7 Å². The number of nitrogens with zero attached hydrogens (tertiary/aromatic N) is 1. The van der Waals surface area contributed by atoms with Gasteiger partial charge in [-0.05, 0) is 23.8 Å². The van der Waals surface area contributed by atoms with E-state index in [1.807, 2.05) is 0 Å². The van der Waals surface area contributed by atoms with Crippen molar-refractivity contribution >= 4 is 23.6 Å². The molecule has 1 aliphatic rings. The maximum absolute atomic E-state index is 12.0. The summed E-state index contributed by atoms with van der Waals surface area (Å²) < 4.78 is 0. The molecule has 1 fully saturated rings. The Bertz CT molecular complexity index is 539. The number of likely N-dealkylation sites (tertiary alicyclic amines) is 1. The molecule has 0 aliphatic carbocycles. The number of anilines is 1. The Balaban J connectivity index is 2.07. The van der Waals surface area contributed by atoms with Crippen LogP contribution in [0.5, 0.6) is 0 Å². The Morgan fingerprint density at radius 3 is 2.55 bits per heavy atom. The van der Waals surface area contributed by atoms with Crippen LogP contribution in [0.3, 0.4) is 0 Å². The van der Waals surface area contributed by atoms with Gasteiger partial charge in [0.05, 0.1) is 6.10 Å². The summed E-state index contributed by atoms with van der Waals surface area (Å²) in [4.78, 5) is 24.2. The summed E-state index contributed by atoms with van der Waals surface area (Å²) in [6, 6.07) is 5.97. The van der Waals surface area contributed by atoms with E-state index < -0.39 is 24.0 Å². The molecule has 0 bridgehead atoms. The van der Waals surface area contributed by atoms with Gasteiger partial charge < -0.3 is 20.8 Å². The third-order valence-corrected chi connectivity index (χ3v) is 3.20. The highest BCUT2D eigenvalue weighted by Gasteiger charge is 2.37. The second-order valence-electron chi connectivity index (χ2n) is 4.73. The number of carboxylic acid groups (broad SMARTS) is 1. The molecular weight excluding hydrogens is 260 g/mol. The number of β-amino-alcohol motifs (C(OH)–C–C–N with tert-alkyl or cyclic N) is 1. The van der Waals surface area contributed by atoms with Crippen molar-refractivity contribution in [1.82, 2.24) is 4.90 Å². The van der Waals surface area contributed by atoms with Crippen LogP contribution in [0.15, 0.2) is 30.3 Å². The van der Waals surface area contributed by atoms with Crippen LogP contribution in [0.1, 0.15) is 12.0 Å². The highest BCUT2D eigenvalue weighted by atomic mass is 16.4. The predicted molar refractivity (Wildman–Crippen MR) is 73.6 cm³/mol. The van der Waals surface area contributed by atoms with E-state index in [-0.39, 0.29) is 13.0 Å². The van der Waals surface area contributed by atoms with Crippen molar-refractivity contribution in [1.29, 1.82) is 0 Å². The summed E-state index contributed by atoms with van der Waals surface area (Å²) in [5.41, 5.74) is 6.97. The SMILES string of the molecule is Nc1ccc(/C=C/C(=O)N2C[C@H](O)C[C@H]2C(=O)O)cc1. The molecule has 4 N–H and O–H groups in total. The number of nitrogens with two attached hydrogens (primary N) is 1. The molecule has 2 rings (SSSR count). The lowest BCUT2D eigenvalue weighted by atomic mass is 10.2. The van der Waals surface area contributed by atoms with Gasteiger partial charge in [-0.1, -0.05) is 12.1 Å². The average molecular weight is 276 g/mol. The fourth-order valence-electron chi connectivity index (χ4n) is 2.16. The van der Waals surface area contributed by atoms with Crippen molar-refractivity contribution in [2.75, 3.05) is 12.3 Å². The molecule has 1 heterocycles. The number of hydrogen-bond donors (Lipinski definition) is 3. The Hall–Kier alpha value is -2.34. The number of carboxylic acids is 1. The Kier molecular flexibility index (Phi) is 4.05. The number of hydrogen-bond acceptors (Lipinski definition) is 4. The highest BCUT2D eigenvalue weighted by Crippen LogP contribution is 2.19. The monoisotopic (exact) mass is 276 g/mol. The Morgan fingerprint density at radius 1 is 1.30 bits per heavy atom. The molecule has 6 heteroatoms. The summed E-state index contributed by atoms with van der Waals surface area (Å²) >= 11 is 0. The number of carbonyl (C=O) groups is 2. The maximum atomic E-state index is 12.0. The van der Waals surface area contributed by atoms with E-state index in [0.29, 0.717) is 5.69 Å². The summed E-state index contributed by atoms with van der Waals surface area (Å²) in [6.45, 7) is 0.0435. The molecule has 1 aliphatic heterocycles. The molecule has 1 aromatic rings. The fraction of sp³-hybridized carbons (Fsp3) is 0.286. The maximum Gasteiger partial charge on any atom is 0.326 e. The number of aliphatic hydroxyl groups excluding tert-OH is 1. The Morgan fingerprint density at radius 2 is 1.95 bits per heavy atom. The van der Waals surface area contributed by atoms with Crippen molar-refractivity contribution in [3.8, 4) is 0 Å². The van der Waals surface area contributed by atoms with Crippen molar-refractivity contribution in [3.05, 3.63) is 35.9 Å². The molecule has 0 saturated carbocycles. The first-order valence-corrected chi connectivity index (χ1v) is 6.22. The number of carbonyl (C=O) groups excluding carboxylic acids is 1. The Labute approximate surface area is 116 Å². The molecular formula is C14H16N2O4. The van der Waals surface area contributed by atoms with Gasteiger partial charge in [-0.2, -0.15) is 0 Å². The van der Waals surface area contributed by atoms with Crippen LogP contribution in [-0.2, 0) is 9.59 Å². The van der Waals surface area contributed by atoms with Gasteiger partial charge in [0.15, 0.2) is 0 Å². The van der Waals surface area contributed by atoms with Crippen LogP contribution in [0.4, 0.5) is 5.69 Å². The fourth-order valence-corrected chi connectivity index (χ4v) is 2.16. The summed E-state index contributed by atoms with van der Waals surface area (Å²) in [5.74, 6) is -1.53. The molecule has 6 nitrogen and oxygen atoms in total. The zero-order valence-electron chi connectivity index (χ0n) is 10.8. The molecule has 2 atom stereocenters. The quantitative estimate of drug-likeness (QED) is 0.545. The highest BCUT2D eigenvalue weighted by molar-refractivity contribution is 5.94. The summed E-state index contributed by atoms with van der Waals surface area (Å²) in [5, 5.41) is 18.5. The molecule has 0 aromatic heterocycles. The van der Waals surface area contributed by atoms with Crippen molar-refractivity contribution in [3.63, 3.8) is 0 Å². The number of aliphatic carboxylic acids is 1. The van der Waals surface area contributed by atoms with E-state index in [9.17, 15) is 14.7 Å². The smallest absolute Gasteiger partial charge is 0.326 e. The van der Waals surface area contributed by atoms with Gasteiger partial charge in [0.1, 0.15) is 6.04 Å². The largest absolute Gasteiger partial charge is 0.480 e. The van der Waals surface area contributed by atoms with Gasteiger partial charge >= 0.3 is 5.97 Å². The van der Waals surface area contributed by atoms with Crippen molar-refractivity contribution in [2.45, 2.75) is 18.6 Å². The van der Waals surface area contributed by atoms with Crippen LogP contribution < -0.4 is 5.73 Å². The van der Waals surface area contributed by atoms with Crippen LogP contribution >= 0.6 is 0 Å². The van der Waals surface area contributed by atoms with Gasteiger partial charge in [-0.3, -0.25) is 4.79 Å². The molecule has 20 heavy (non-hydrogen) atoms. The van der Waals surface area contributed by atoms with E-state index in [4.69, 9.17) is 10.8 Å². The molecule has 0 radical (unpaired) electrons. The first-order chi connectivity index (χ1) is 9.47. The molecule has 106 valence electrons. The van der Waals surface area contributed by atoms with Crippen molar-refractivity contribution < 1.29 is 19.8 Å². The van der Waals surface area contributed by atoms with E-state index in [0.717, 1.165) is 5.56 Å². The number of nitrogen functional groups attached to an aromatic ring is 1. The number of amides is 1. The second kappa shape index (κ2) is 5.75. The first kappa shape index (κ1) is 14.1. The lowest BCUT2D eigenvalue weighted by molar-refractivity contribution is -0.146. The molecule has 0 unspecified atom stereocenters. The van der Waals surface area contributed by atoms with Gasteiger partial charge in [-0.15, -0.1) is 0 Å². The molecule has 1 saturated heterocycles. The minimum atomic E-state index is -1.10. The number of aliphatic hydroxyl groups is 1. The summed E-state index contributed by atoms with van der Waals surface area (Å²) in [6.07, 6.45) is 2.17. The molecule has 1 aromatic carbocycles. The summed E-state index contributed by atoms with van der Waals surface area (Å²) in [7, 11) is 0. The first-order valence-electron chi connectivity index (χ1n) is 6.22. The van der Waals surface area contributed by atoms with E-state index in [1.165, 1.54) is 11.0 Å². The zero-order valence-corrected chi connectivity index (χ0v) is 10.8. The molecule has 0 spiro atoms. The third-order valence-electron chi connectivity index (χ3n) is 3.20. The lowest BCUT2D eigenvalue weighted by Gasteiger charge is -2.19. The number of rotatable bonds is 3. The second-order valence-corrected chi connectivity index (χ2v) is 4.73. The minimum Gasteiger partial charge on any atom is -0.480 e. The minimum absolute atomic E-state index is 0.0435. The van der Waals surface area contributed by atoms with E-state index >= 15 is 0 Å². The third kappa shape index (κ3) is 3.16. The topological polar surface area (TPSA) is 104 Å². The van der Waals surface area contributed by atoms with Gasteiger partial charge in [-0.25, -0.2) is 4.79 Å². The van der Waals surface area contributed by atoms with Gasteiger partial charge in [0.2, 0.25) is 5.91 Å². The van der Waals surface area contributed by atoms with Crippen molar-refractivity contribution in [2.24, 2.45) is 0 Å². The normalized spacial score (nSPS) is 22.4. The van der Waals surface area contributed by atoms with Crippen LogP contribution in [0, 0.1) is 0 Å². The van der Waals surface area contributed by atoms with E-state index in [1.54, 1.807) is 30.3 Å². The van der Waals surface area contributed by atoms with Crippen LogP contribution in [-0.4, -0.2) is 45.7 Å². The predicted octanol–water partition coefficient (Wildman–Crippen LogP) is 0.328. The number of benzene rings is 1. The standard InChI is InChI=1S/C14H16N2O4/c15-10-4-1-9(2-5-10)3-6-13(18)16-8-11(17)7-12(16)14(19)20/h1-6,11-12,17H,7-8,15H2,(H,19,20)/b6-3+/t11-,12+/m1/s1. The zero-order chi connectivity index (χ0) is 14.7. The lowest BCUT2D eigenvalue weighted by Crippen LogP contribution is -2.39. The molecule has 1 amide bonds. The van der Waals surface area contributed by atoms with E-state index in [2.05, 4.69) is 0 Å². The van der Waals surface area contributed by atoms with Crippen LogP contribution in [0.2, 0.25) is 0 Å².